The Morgan fingerprint density at radius 2 is 2.14 bits per heavy atom. The summed E-state index contributed by atoms with van der Waals surface area (Å²) < 4.78 is 4.94. The van der Waals surface area contributed by atoms with Crippen LogP contribution in [0.1, 0.15) is 5.56 Å². The molecule has 0 radical (unpaired) electrons. The number of nitrogens with zero attached hydrogens (tertiary/aromatic N) is 1. The highest BCUT2D eigenvalue weighted by molar-refractivity contribution is 7.99. The molecular formula is C15H19N3O2S. The largest absolute Gasteiger partial charge is 0.384 e. The van der Waals surface area contributed by atoms with Crippen molar-refractivity contribution in [2.45, 2.75) is 6.54 Å². The van der Waals surface area contributed by atoms with E-state index in [2.05, 4.69) is 15.5 Å². The van der Waals surface area contributed by atoms with Gasteiger partial charge in [0.2, 0.25) is 5.91 Å². The number of carbonyl (C=O) groups excluding carboxylic acids is 1. The number of thioether (sulfide) groups is 1. The lowest BCUT2D eigenvalue weighted by atomic mass is 10.1. The van der Waals surface area contributed by atoms with Crippen LogP contribution < -0.4 is 5.32 Å². The average Bonchev–Trinajstić information content (AvgIpc) is 3.04. The van der Waals surface area contributed by atoms with Crippen molar-refractivity contribution in [3.8, 4) is 11.3 Å². The van der Waals surface area contributed by atoms with Crippen LogP contribution in [-0.2, 0) is 16.1 Å². The summed E-state index contributed by atoms with van der Waals surface area (Å²) in [5.41, 5.74) is 3.14. The van der Waals surface area contributed by atoms with E-state index in [0.29, 0.717) is 18.9 Å². The van der Waals surface area contributed by atoms with Crippen molar-refractivity contribution in [2.75, 3.05) is 25.2 Å². The fourth-order valence-electron chi connectivity index (χ4n) is 1.78. The number of benzene rings is 1. The molecule has 1 amide bonds. The van der Waals surface area contributed by atoms with Crippen molar-refractivity contribution in [1.82, 2.24) is 15.5 Å². The first kappa shape index (κ1) is 15.6. The average molecular weight is 305 g/mol. The van der Waals surface area contributed by atoms with E-state index in [4.69, 9.17) is 4.74 Å². The van der Waals surface area contributed by atoms with Gasteiger partial charge < -0.3 is 10.1 Å². The molecule has 0 saturated heterocycles. The minimum Gasteiger partial charge on any atom is -0.384 e. The maximum Gasteiger partial charge on any atom is 0.230 e. The highest BCUT2D eigenvalue weighted by Gasteiger charge is 2.02. The molecule has 0 bridgehead atoms. The number of hydrogen-bond donors (Lipinski definition) is 2. The summed E-state index contributed by atoms with van der Waals surface area (Å²) in [6.07, 6.45) is 1.73. The summed E-state index contributed by atoms with van der Waals surface area (Å²) in [7, 11) is 1.66. The van der Waals surface area contributed by atoms with Crippen molar-refractivity contribution in [3.05, 3.63) is 42.1 Å². The van der Waals surface area contributed by atoms with Gasteiger partial charge in [0.15, 0.2) is 0 Å². The molecule has 0 aliphatic rings. The van der Waals surface area contributed by atoms with Crippen molar-refractivity contribution >= 4 is 17.7 Å². The minimum atomic E-state index is 0.0498. The summed E-state index contributed by atoms with van der Waals surface area (Å²) in [4.78, 5) is 11.6. The Kier molecular flexibility index (Phi) is 6.30. The van der Waals surface area contributed by atoms with E-state index >= 15 is 0 Å². The minimum absolute atomic E-state index is 0.0498. The van der Waals surface area contributed by atoms with Gasteiger partial charge in [0, 0.05) is 25.6 Å². The Morgan fingerprint density at radius 3 is 2.81 bits per heavy atom. The molecule has 112 valence electrons. The van der Waals surface area contributed by atoms with Crippen molar-refractivity contribution in [2.24, 2.45) is 0 Å². The van der Waals surface area contributed by atoms with Crippen molar-refractivity contribution in [3.63, 3.8) is 0 Å². The fourth-order valence-corrected chi connectivity index (χ4v) is 2.49. The summed E-state index contributed by atoms with van der Waals surface area (Å²) >= 11 is 1.57. The Bertz CT molecular complexity index is 541. The third-order valence-electron chi connectivity index (χ3n) is 2.92. The van der Waals surface area contributed by atoms with Gasteiger partial charge >= 0.3 is 0 Å². The number of H-pyrrole nitrogens is 1. The van der Waals surface area contributed by atoms with E-state index in [0.717, 1.165) is 22.6 Å². The summed E-state index contributed by atoms with van der Waals surface area (Å²) in [5.74, 6) is 1.35. The second kappa shape index (κ2) is 8.49. The molecule has 0 fully saturated rings. The van der Waals surface area contributed by atoms with Crippen LogP contribution in [0.25, 0.3) is 11.3 Å². The quantitative estimate of drug-likeness (QED) is 0.733. The molecule has 2 aromatic rings. The van der Waals surface area contributed by atoms with E-state index in [1.807, 2.05) is 30.3 Å². The van der Waals surface area contributed by atoms with Crippen LogP contribution >= 0.6 is 11.8 Å². The van der Waals surface area contributed by atoms with E-state index in [9.17, 15) is 4.79 Å². The summed E-state index contributed by atoms with van der Waals surface area (Å²) in [6.45, 7) is 1.22. The monoisotopic (exact) mass is 305 g/mol. The van der Waals surface area contributed by atoms with Gasteiger partial charge in [-0.25, -0.2) is 0 Å². The van der Waals surface area contributed by atoms with Crippen LogP contribution in [0, 0.1) is 0 Å². The number of rotatable bonds is 8. The van der Waals surface area contributed by atoms with Crippen molar-refractivity contribution < 1.29 is 9.53 Å². The molecule has 1 aromatic heterocycles. The van der Waals surface area contributed by atoms with Crippen LogP contribution in [0.2, 0.25) is 0 Å². The molecule has 0 spiro atoms. The molecule has 6 heteroatoms. The lowest BCUT2D eigenvalue weighted by molar-refractivity contribution is -0.118. The van der Waals surface area contributed by atoms with Crippen LogP contribution in [0.3, 0.4) is 0 Å². The van der Waals surface area contributed by atoms with E-state index in [1.165, 1.54) is 0 Å². The predicted octanol–water partition coefficient (Wildman–Crippen LogP) is 2.07. The third kappa shape index (κ3) is 5.24. The van der Waals surface area contributed by atoms with Gasteiger partial charge in [-0.15, -0.1) is 11.8 Å². The van der Waals surface area contributed by atoms with E-state index in [1.54, 1.807) is 25.1 Å². The van der Waals surface area contributed by atoms with E-state index in [-0.39, 0.29) is 5.91 Å². The molecule has 0 unspecified atom stereocenters. The first-order valence-electron chi connectivity index (χ1n) is 6.71. The zero-order chi connectivity index (χ0) is 14.9. The molecule has 5 nitrogen and oxygen atoms in total. The molecule has 1 heterocycles. The SMILES string of the molecule is COCCSCC(=O)NCc1ccc(-c2ccn[nH]2)cc1. The molecule has 0 saturated carbocycles. The molecule has 2 N–H and O–H groups in total. The molecule has 1 aromatic carbocycles. The van der Waals surface area contributed by atoms with Gasteiger partial charge in [-0.05, 0) is 17.2 Å². The number of aromatic amines is 1. The topological polar surface area (TPSA) is 67.0 Å². The number of carbonyl (C=O) groups is 1. The number of amides is 1. The van der Waals surface area contributed by atoms with Gasteiger partial charge in [0.05, 0.1) is 18.1 Å². The van der Waals surface area contributed by atoms with Gasteiger partial charge in [0.1, 0.15) is 0 Å². The highest BCUT2D eigenvalue weighted by Crippen LogP contribution is 2.16. The first-order valence-corrected chi connectivity index (χ1v) is 7.87. The molecule has 0 aliphatic heterocycles. The van der Waals surface area contributed by atoms with Gasteiger partial charge in [-0.3, -0.25) is 9.89 Å². The molecular weight excluding hydrogens is 286 g/mol. The van der Waals surface area contributed by atoms with Gasteiger partial charge in [0.25, 0.3) is 0 Å². The summed E-state index contributed by atoms with van der Waals surface area (Å²) in [5, 5.41) is 9.76. The van der Waals surface area contributed by atoms with Gasteiger partial charge in [-0.1, -0.05) is 24.3 Å². The van der Waals surface area contributed by atoms with Crippen molar-refractivity contribution in [1.29, 1.82) is 0 Å². The number of nitrogens with one attached hydrogen (secondary N) is 2. The Labute approximate surface area is 128 Å². The maximum absolute atomic E-state index is 11.6. The zero-order valence-electron chi connectivity index (χ0n) is 12.0. The third-order valence-corrected chi connectivity index (χ3v) is 3.84. The number of methoxy groups -OCH3 is 1. The molecule has 21 heavy (non-hydrogen) atoms. The van der Waals surface area contributed by atoms with Crippen LogP contribution in [0.4, 0.5) is 0 Å². The molecule has 0 aliphatic carbocycles. The second-order valence-electron chi connectivity index (χ2n) is 4.49. The zero-order valence-corrected chi connectivity index (χ0v) is 12.8. The Hall–Kier alpha value is -1.79. The van der Waals surface area contributed by atoms with Crippen LogP contribution in [0.5, 0.6) is 0 Å². The highest BCUT2D eigenvalue weighted by atomic mass is 32.2. The number of aromatic nitrogens is 2. The van der Waals surface area contributed by atoms with Gasteiger partial charge in [-0.2, -0.15) is 5.10 Å². The number of hydrogen-bond acceptors (Lipinski definition) is 4. The second-order valence-corrected chi connectivity index (χ2v) is 5.59. The lowest BCUT2D eigenvalue weighted by Crippen LogP contribution is -2.24. The van der Waals surface area contributed by atoms with Crippen LogP contribution in [0.15, 0.2) is 36.5 Å². The smallest absolute Gasteiger partial charge is 0.230 e. The Balaban J connectivity index is 1.75. The van der Waals surface area contributed by atoms with E-state index < -0.39 is 0 Å². The van der Waals surface area contributed by atoms with Crippen LogP contribution in [-0.4, -0.2) is 41.3 Å². The fraction of sp³-hybridized carbons (Fsp3) is 0.333. The standard InChI is InChI=1S/C15H19N3O2S/c1-20-8-9-21-11-15(19)16-10-12-2-4-13(5-3-12)14-6-7-17-18-14/h2-7H,8-11H2,1H3,(H,16,19)(H,17,18). The normalized spacial score (nSPS) is 10.5. The molecule has 2 rings (SSSR count). The molecule has 0 atom stereocenters. The summed E-state index contributed by atoms with van der Waals surface area (Å²) in [6, 6.07) is 9.97. The predicted molar refractivity (Wildman–Crippen MR) is 85.1 cm³/mol. The maximum atomic E-state index is 11.6. The Morgan fingerprint density at radius 1 is 1.33 bits per heavy atom. The number of ether oxygens (including phenoxy) is 1. The lowest BCUT2D eigenvalue weighted by Gasteiger charge is -2.06. The first-order chi connectivity index (χ1) is 10.3.